The molecule has 0 fully saturated rings. The topological polar surface area (TPSA) is 75.4 Å². The van der Waals surface area contributed by atoms with Crippen LogP contribution in [0.2, 0.25) is 0 Å². The molecule has 112 valence electrons. The Morgan fingerprint density at radius 3 is 2.67 bits per heavy atom. The van der Waals surface area contributed by atoms with Gasteiger partial charge in [0.15, 0.2) is 0 Å². The van der Waals surface area contributed by atoms with Crippen LogP contribution in [-0.2, 0) is 0 Å². The third-order valence-corrected chi connectivity index (χ3v) is 4.24. The zero-order valence-electron chi connectivity index (χ0n) is 12.3. The van der Waals surface area contributed by atoms with Gasteiger partial charge in [-0.15, -0.1) is 0 Å². The molecule has 2 heterocycles. The van der Waals surface area contributed by atoms with Crippen LogP contribution in [0.4, 0.5) is 5.00 Å². The van der Waals surface area contributed by atoms with E-state index < -0.39 is 5.97 Å². The van der Waals surface area contributed by atoms with Gasteiger partial charge in [0.2, 0.25) is 0 Å². The predicted molar refractivity (Wildman–Crippen MR) is 81.4 cm³/mol. The van der Waals surface area contributed by atoms with Crippen molar-refractivity contribution in [3.8, 4) is 0 Å². The highest BCUT2D eigenvalue weighted by Crippen LogP contribution is 2.29. The fourth-order valence-corrected chi connectivity index (χ4v) is 2.97. The molecule has 1 N–H and O–H groups in total. The average molecular weight is 307 g/mol. The van der Waals surface area contributed by atoms with Crippen LogP contribution >= 0.6 is 11.5 Å². The first-order chi connectivity index (χ1) is 9.84. The van der Waals surface area contributed by atoms with Gasteiger partial charge in [-0.2, -0.15) is 4.37 Å². The first kappa shape index (κ1) is 15.2. The number of carboxylic acid groups (broad SMARTS) is 1. The van der Waals surface area contributed by atoms with Gasteiger partial charge >= 0.3 is 5.97 Å². The number of hydrogen-bond acceptors (Lipinski definition) is 4. The van der Waals surface area contributed by atoms with E-state index >= 15 is 0 Å². The van der Waals surface area contributed by atoms with Crippen molar-refractivity contribution in [2.24, 2.45) is 0 Å². The Kier molecular flexibility index (Phi) is 4.13. The number of aryl methyl sites for hydroxylation is 1. The molecule has 2 rings (SSSR count). The SMILES string of the molecule is Cc1nsc(N(C)C(=O)c2cccn2C(C)C)c1C(=O)O. The van der Waals surface area contributed by atoms with Crippen LogP contribution in [-0.4, -0.2) is 33.0 Å². The maximum absolute atomic E-state index is 12.6. The van der Waals surface area contributed by atoms with E-state index in [1.54, 1.807) is 26.1 Å². The number of carbonyl (C=O) groups is 2. The molecule has 1 amide bonds. The molecule has 0 saturated carbocycles. The second-order valence-electron chi connectivity index (χ2n) is 5.01. The van der Waals surface area contributed by atoms with Gasteiger partial charge in [-0.05, 0) is 44.4 Å². The number of amides is 1. The molecular formula is C14H17N3O3S. The third kappa shape index (κ3) is 2.69. The van der Waals surface area contributed by atoms with Gasteiger partial charge in [-0.3, -0.25) is 9.69 Å². The van der Waals surface area contributed by atoms with Crippen molar-refractivity contribution < 1.29 is 14.7 Å². The molecule has 0 radical (unpaired) electrons. The lowest BCUT2D eigenvalue weighted by atomic mass is 10.2. The van der Waals surface area contributed by atoms with Crippen LogP contribution in [0, 0.1) is 6.92 Å². The normalized spacial score (nSPS) is 10.9. The monoisotopic (exact) mass is 307 g/mol. The lowest BCUT2D eigenvalue weighted by Gasteiger charge is -2.19. The van der Waals surface area contributed by atoms with Crippen molar-refractivity contribution in [3.63, 3.8) is 0 Å². The minimum atomic E-state index is -1.07. The highest BCUT2D eigenvalue weighted by atomic mass is 32.1. The highest BCUT2D eigenvalue weighted by Gasteiger charge is 2.26. The molecule has 2 aromatic rings. The van der Waals surface area contributed by atoms with Crippen LogP contribution in [0.5, 0.6) is 0 Å². The first-order valence-corrected chi connectivity index (χ1v) is 7.26. The predicted octanol–water partition coefficient (Wildman–Crippen LogP) is 2.81. The lowest BCUT2D eigenvalue weighted by Crippen LogP contribution is -2.29. The van der Waals surface area contributed by atoms with Crippen molar-refractivity contribution in [2.75, 3.05) is 11.9 Å². The molecule has 0 aliphatic rings. The van der Waals surface area contributed by atoms with Crippen LogP contribution in [0.1, 0.15) is 46.4 Å². The van der Waals surface area contributed by atoms with Crippen molar-refractivity contribution >= 4 is 28.4 Å². The molecule has 0 aliphatic heterocycles. The van der Waals surface area contributed by atoms with E-state index in [9.17, 15) is 14.7 Å². The van der Waals surface area contributed by atoms with Crippen LogP contribution in [0.25, 0.3) is 0 Å². The molecule has 0 unspecified atom stereocenters. The number of anilines is 1. The van der Waals surface area contributed by atoms with Crippen LogP contribution in [0.3, 0.4) is 0 Å². The first-order valence-electron chi connectivity index (χ1n) is 6.49. The van der Waals surface area contributed by atoms with E-state index in [1.807, 2.05) is 24.6 Å². The summed E-state index contributed by atoms with van der Waals surface area (Å²) in [5.41, 5.74) is 1.02. The Hall–Kier alpha value is -2.15. The van der Waals surface area contributed by atoms with Crippen molar-refractivity contribution in [1.82, 2.24) is 8.94 Å². The Morgan fingerprint density at radius 2 is 2.10 bits per heavy atom. The van der Waals surface area contributed by atoms with Gasteiger partial charge in [0.25, 0.3) is 5.91 Å². The molecule has 0 spiro atoms. The molecule has 7 heteroatoms. The van der Waals surface area contributed by atoms with Gasteiger partial charge in [0.05, 0.1) is 5.69 Å². The second-order valence-corrected chi connectivity index (χ2v) is 5.76. The number of nitrogens with zero attached hydrogens (tertiary/aromatic N) is 3. The van der Waals surface area contributed by atoms with Crippen molar-refractivity contribution in [3.05, 3.63) is 35.3 Å². The summed E-state index contributed by atoms with van der Waals surface area (Å²) in [5, 5.41) is 9.61. The number of carbonyl (C=O) groups excluding carboxylic acids is 1. The number of aromatic carboxylic acids is 1. The van der Waals surface area contributed by atoms with E-state index in [2.05, 4.69) is 4.37 Å². The number of hydrogen-bond donors (Lipinski definition) is 1. The molecule has 0 saturated heterocycles. The number of rotatable bonds is 4. The zero-order chi connectivity index (χ0) is 15.7. The quantitative estimate of drug-likeness (QED) is 0.942. The minimum Gasteiger partial charge on any atom is -0.478 e. The highest BCUT2D eigenvalue weighted by molar-refractivity contribution is 7.11. The Morgan fingerprint density at radius 1 is 1.43 bits per heavy atom. The summed E-state index contributed by atoms with van der Waals surface area (Å²) in [6, 6.07) is 3.68. The fourth-order valence-electron chi connectivity index (χ4n) is 2.12. The average Bonchev–Trinajstić information content (AvgIpc) is 3.02. The molecule has 21 heavy (non-hydrogen) atoms. The van der Waals surface area contributed by atoms with Gasteiger partial charge in [-0.25, -0.2) is 4.79 Å². The largest absolute Gasteiger partial charge is 0.478 e. The number of carboxylic acids is 1. The molecule has 0 bridgehead atoms. The Bertz CT molecular complexity index is 687. The summed E-state index contributed by atoms with van der Waals surface area (Å²) in [7, 11) is 1.57. The third-order valence-electron chi connectivity index (χ3n) is 3.22. The smallest absolute Gasteiger partial charge is 0.340 e. The van der Waals surface area contributed by atoms with Crippen LogP contribution < -0.4 is 4.90 Å². The second kappa shape index (κ2) is 5.69. The van der Waals surface area contributed by atoms with Gasteiger partial charge in [0.1, 0.15) is 16.3 Å². The van der Waals surface area contributed by atoms with E-state index in [4.69, 9.17) is 0 Å². The molecular weight excluding hydrogens is 290 g/mol. The molecule has 0 aliphatic carbocycles. The van der Waals surface area contributed by atoms with E-state index in [-0.39, 0.29) is 17.5 Å². The zero-order valence-corrected chi connectivity index (χ0v) is 13.1. The van der Waals surface area contributed by atoms with Gasteiger partial charge < -0.3 is 9.67 Å². The molecule has 0 atom stereocenters. The van der Waals surface area contributed by atoms with Crippen molar-refractivity contribution in [1.29, 1.82) is 0 Å². The van der Waals surface area contributed by atoms with Gasteiger partial charge in [0, 0.05) is 19.3 Å². The summed E-state index contributed by atoms with van der Waals surface area (Å²) in [5.74, 6) is -1.32. The van der Waals surface area contributed by atoms with E-state index in [0.29, 0.717) is 16.4 Å². The summed E-state index contributed by atoms with van der Waals surface area (Å²) in [6.45, 7) is 5.59. The van der Waals surface area contributed by atoms with E-state index in [1.165, 1.54) is 4.90 Å². The Balaban J connectivity index is 2.40. The van der Waals surface area contributed by atoms with Gasteiger partial charge in [-0.1, -0.05) is 0 Å². The molecule has 2 aromatic heterocycles. The summed E-state index contributed by atoms with van der Waals surface area (Å²) in [6.07, 6.45) is 1.84. The van der Waals surface area contributed by atoms with Crippen molar-refractivity contribution in [2.45, 2.75) is 26.8 Å². The maximum atomic E-state index is 12.6. The lowest BCUT2D eigenvalue weighted by molar-refractivity contribution is 0.0697. The summed E-state index contributed by atoms with van der Waals surface area (Å²) in [4.78, 5) is 25.3. The summed E-state index contributed by atoms with van der Waals surface area (Å²) >= 11 is 1.02. The molecule has 0 aromatic carbocycles. The Labute approximate surface area is 126 Å². The standard InChI is InChI=1S/C14H17N3O3S/c1-8(2)17-7-5-6-10(17)12(18)16(4)13-11(14(19)20)9(3)15-21-13/h5-8H,1-4H3,(H,19,20). The number of aromatic nitrogens is 2. The maximum Gasteiger partial charge on any atom is 0.340 e. The minimum absolute atomic E-state index is 0.0819. The van der Waals surface area contributed by atoms with Crippen LogP contribution in [0.15, 0.2) is 18.3 Å². The molecule has 6 nitrogen and oxygen atoms in total. The fraction of sp³-hybridized carbons (Fsp3) is 0.357. The van der Waals surface area contributed by atoms with E-state index in [0.717, 1.165) is 11.5 Å². The summed E-state index contributed by atoms with van der Waals surface area (Å²) < 4.78 is 5.89.